The highest BCUT2D eigenvalue weighted by Crippen LogP contribution is 2.09. The second kappa shape index (κ2) is 6.29. The van der Waals surface area contributed by atoms with Gasteiger partial charge in [0.1, 0.15) is 5.82 Å². The van der Waals surface area contributed by atoms with Gasteiger partial charge in [0.2, 0.25) is 17.2 Å². The van der Waals surface area contributed by atoms with E-state index in [1.807, 2.05) is 6.07 Å². The third-order valence-electron chi connectivity index (χ3n) is 2.42. The van der Waals surface area contributed by atoms with E-state index in [9.17, 15) is 4.39 Å². The molecule has 0 saturated carbocycles. The van der Waals surface area contributed by atoms with Crippen molar-refractivity contribution < 1.29 is 4.39 Å². The Kier molecular flexibility index (Phi) is 4.46. The zero-order valence-corrected chi connectivity index (χ0v) is 11.1. The van der Waals surface area contributed by atoms with Crippen LogP contribution in [0.5, 0.6) is 0 Å². The van der Waals surface area contributed by atoms with E-state index in [2.05, 4.69) is 25.6 Å². The zero-order valence-electron chi connectivity index (χ0n) is 10.3. The molecule has 5 nitrogen and oxygen atoms in total. The summed E-state index contributed by atoms with van der Waals surface area (Å²) in [6.07, 6.45) is 0.663. The molecule has 19 heavy (non-hydrogen) atoms. The fourth-order valence-corrected chi connectivity index (χ4v) is 1.71. The molecule has 0 fully saturated rings. The predicted molar refractivity (Wildman–Crippen MR) is 73.0 cm³/mol. The summed E-state index contributed by atoms with van der Waals surface area (Å²) >= 11 is 5.75. The fraction of sp³-hybridized carbons (Fsp3) is 0.250. The summed E-state index contributed by atoms with van der Waals surface area (Å²) < 4.78 is 13.0. The maximum atomic E-state index is 13.0. The molecule has 1 aromatic heterocycles. The first-order chi connectivity index (χ1) is 9.17. The third kappa shape index (κ3) is 4.03. The Labute approximate surface area is 115 Å². The van der Waals surface area contributed by atoms with E-state index in [-0.39, 0.29) is 11.1 Å². The van der Waals surface area contributed by atoms with Gasteiger partial charge in [-0.05, 0) is 35.7 Å². The second-order valence-corrected chi connectivity index (χ2v) is 4.15. The number of halogens is 2. The quantitative estimate of drug-likeness (QED) is 0.881. The molecule has 0 spiro atoms. The maximum absolute atomic E-state index is 13.0. The normalized spacial score (nSPS) is 10.3. The van der Waals surface area contributed by atoms with E-state index < -0.39 is 0 Å². The van der Waals surface area contributed by atoms with Gasteiger partial charge in [-0.3, -0.25) is 0 Å². The SMILES string of the molecule is CNc1nc(Cl)nc(NCCc2cccc(F)c2)n1. The molecule has 1 heterocycles. The molecule has 0 aliphatic carbocycles. The minimum Gasteiger partial charge on any atom is -0.357 e. The van der Waals surface area contributed by atoms with Crippen LogP contribution in [0.25, 0.3) is 0 Å². The first-order valence-electron chi connectivity index (χ1n) is 5.75. The summed E-state index contributed by atoms with van der Waals surface area (Å²) in [7, 11) is 1.70. The van der Waals surface area contributed by atoms with Crippen molar-refractivity contribution in [2.75, 3.05) is 24.2 Å². The molecule has 0 aliphatic rings. The molecular weight excluding hydrogens is 269 g/mol. The van der Waals surface area contributed by atoms with E-state index in [0.717, 1.165) is 5.56 Å². The summed E-state index contributed by atoms with van der Waals surface area (Å²) in [4.78, 5) is 11.9. The van der Waals surface area contributed by atoms with Crippen LogP contribution < -0.4 is 10.6 Å². The molecule has 0 aliphatic heterocycles. The predicted octanol–water partition coefficient (Wildman–Crippen LogP) is 2.36. The van der Waals surface area contributed by atoms with Crippen molar-refractivity contribution in [2.45, 2.75) is 6.42 Å². The third-order valence-corrected chi connectivity index (χ3v) is 2.59. The van der Waals surface area contributed by atoms with Crippen molar-refractivity contribution in [3.05, 3.63) is 40.9 Å². The van der Waals surface area contributed by atoms with Gasteiger partial charge >= 0.3 is 0 Å². The van der Waals surface area contributed by atoms with Crippen LogP contribution >= 0.6 is 11.6 Å². The molecule has 7 heteroatoms. The molecule has 0 saturated heterocycles. The number of anilines is 2. The van der Waals surface area contributed by atoms with Crippen LogP contribution in [-0.4, -0.2) is 28.5 Å². The van der Waals surface area contributed by atoms with Crippen molar-refractivity contribution in [3.8, 4) is 0 Å². The van der Waals surface area contributed by atoms with E-state index in [1.54, 1.807) is 13.1 Å². The number of benzene rings is 1. The Hall–Kier alpha value is -1.95. The lowest BCUT2D eigenvalue weighted by Gasteiger charge is -2.06. The maximum Gasteiger partial charge on any atom is 0.228 e. The summed E-state index contributed by atoms with van der Waals surface area (Å²) in [5.41, 5.74) is 0.904. The molecule has 100 valence electrons. The number of nitrogens with one attached hydrogen (secondary N) is 2. The highest BCUT2D eigenvalue weighted by molar-refractivity contribution is 6.28. The topological polar surface area (TPSA) is 62.7 Å². The van der Waals surface area contributed by atoms with Crippen LogP contribution in [-0.2, 0) is 6.42 Å². The minimum atomic E-state index is -0.238. The molecule has 0 unspecified atom stereocenters. The van der Waals surface area contributed by atoms with Crippen molar-refractivity contribution in [3.63, 3.8) is 0 Å². The van der Waals surface area contributed by atoms with Gasteiger partial charge in [-0.2, -0.15) is 15.0 Å². The van der Waals surface area contributed by atoms with Gasteiger partial charge in [0.05, 0.1) is 0 Å². The smallest absolute Gasteiger partial charge is 0.228 e. The highest BCUT2D eigenvalue weighted by Gasteiger charge is 2.03. The van der Waals surface area contributed by atoms with E-state index in [0.29, 0.717) is 24.9 Å². The summed E-state index contributed by atoms with van der Waals surface area (Å²) in [5.74, 6) is 0.548. The summed E-state index contributed by atoms with van der Waals surface area (Å²) in [5, 5.41) is 5.92. The molecule has 0 bridgehead atoms. The van der Waals surface area contributed by atoms with Crippen molar-refractivity contribution in [1.82, 2.24) is 15.0 Å². The van der Waals surface area contributed by atoms with Crippen LogP contribution in [0, 0.1) is 5.82 Å². The number of aromatic nitrogens is 3. The van der Waals surface area contributed by atoms with E-state index in [4.69, 9.17) is 11.6 Å². The number of hydrogen-bond acceptors (Lipinski definition) is 5. The van der Waals surface area contributed by atoms with Crippen LogP contribution in [0.3, 0.4) is 0 Å². The standard InChI is InChI=1S/C12H13ClFN5/c1-15-11-17-10(13)18-12(19-11)16-6-5-8-3-2-4-9(14)7-8/h2-4,7H,5-6H2,1H3,(H2,15,16,17,18,19). The average molecular weight is 282 g/mol. The van der Waals surface area contributed by atoms with Gasteiger partial charge in [0, 0.05) is 13.6 Å². The van der Waals surface area contributed by atoms with E-state index >= 15 is 0 Å². The lowest BCUT2D eigenvalue weighted by molar-refractivity contribution is 0.625. The van der Waals surface area contributed by atoms with E-state index in [1.165, 1.54) is 12.1 Å². The fourth-order valence-electron chi connectivity index (χ4n) is 1.55. The zero-order chi connectivity index (χ0) is 13.7. The lowest BCUT2D eigenvalue weighted by atomic mass is 10.1. The Balaban J connectivity index is 1.94. The second-order valence-electron chi connectivity index (χ2n) is 3.81. The molecule has 1 aromatic carbocycles. The van der Waals surface area contributed by atoms with Crippen LogP contribution in [0.15, 0.2) is 24.3 Å². The van der Waals surface area contributed by atoms with Crippen molar-refractivity contribution >= 4 is 23.5 Å². The number of rotatable bonds is 5. The van der Waals surface area contributed by atoms with Gasteiger partial charge in [0.25, 0.3) is 0 Å². The highest BCUT2D eigenvalue weighted by atomic mass is 35.5. The van der Waals surface area contributed by atoms with Crippen molar-refractivity contribution in [2.24, 2.45) is 0 Å². The Morgan fingerprint density at radius 2 is 2.00 bits per heavy atom. The van der Waals surface area contributed by atoms with Gasteiger partial charge in [0.15, 0.2) is 0 Å². The Bertz CT molecular complexity index is 564. The molecule has 2 N–H and O–H groups in total. The molecule has 0 atom stereocenters. The van der Waals surface area contributed by atoms with Gasteiger partial charge in [-0.25, -0.2) is 4.39 Å². The molecule has 2 rings (SSSR count). The Morgan fingerprint density at radius 1 is 1.21 bits per heavy atom. The number of hydrogen-bond donors (Lipinski definition) is 2. The monoisotopic (exact) mass is 281 g/mol. The van der Waals surface area contributed by atoms with Gasteiger partial charge in [-0.15, -0.1) is 0 Å². The molecule has 0 radical (unpaired) electrons. The molecule has 0 amide bonds. The first-order valence-corrected chi connectivity index (χ1v) is 6.13. The minimum absolute atomic E-state index is 0.118. The summed E-state index contributed by atoms with van der Waals surface area (Å²) in [6.45, 7) is 0.576. The first kappa shape index (κ1) is 13.5. The lowest BCUT2D eigenvalue weighted by Crippen LogP contribution is -2.10. The van der Waals surface area contributed by atoms with Crippen LogP contribution in [0.4, 0.5) is 16.3 Å². The van der Waals surface area contributed by atoms with Gasteiger partial charge in [-0.1, -0.05) is 12.1 Å². The van der Waals surface area contributed by atoms with Crippen LogP contribution in [0.1, 0.15) is 5.56 Å². The summed E-state index contributed by atoms with van der Waals surface area (Å²) in [6, 6.07) is 6.47. The number of nitrogens with zero attached hydrogens (tertiary/aromatic N) is 3. The largest absolute Gasteiger partial charge is 0.357 e. The van der Waals surface area contributed by atoms with Crippen molar-refractivity contribution in [1.29, 1.82) is 0 Å². The Morgan fingerprint density at radius 3 is 2.74 bits per heavy atom. The molecular formula is C12H13ClFN5. The van der Waals surface area contributed by atoms with Crippen LogP contribution in [0.2, 0.25) is 5.28 Å². The van der Waals surface area contributed by atoms with Gasteiger partial charge < -0.3 is 10.6 Å². The molecule has 2 aromatic rings. The average Bonchev–Trinajstić information content (AvgIpc) is 2.38.